The highest BCUT2D eigenvalue weighted by atomic mass is 32.2. The number of alkyl halides is 9. The van der Waals surface area contributed by atoms with Crippen molar-refractivity contribution in [1.29, 1.82) is 0 Å². The SMILES string of the molecule is C=C(C)C[S+](C)C.CCC(=O)C[S+]1CCCC1.C[S+](C1CCCCC1)C1CCCCC1=O.O=S(=O)([O-])C(F)(F)F.O=S(=O)([O-])C(F)(F)F.O=S(=O)([O-])C(F)(F)F. The Kier molecular flexibility index (Phi) is 28.9. The summed E-state index contributed by atoms with van der Waals surface area (Å²) in [5.41, 5.74) is -15.6. The lowest BCUT2D eigenvalue weighted by Gasteiger charge is -2.27. The second kappa shape index (κ2) is 27.2. The summed E-state index contributed by atoms with van der Waals surface area (Å²) >= 11 is 0. The molecule has 0 radical (unpaired) electrons. The van der Waals surface area contributed by atoms with Crippen LogP contribution >= 0.6 is 0 Å². The van der Waals surface area contributed by atoms with Crippen molar-refractivity contribution >= 4 is 74.6 Å². The predicted octanol–water partition coefficient (Wildman–Crippen LogP) is 6.05. The number of carbonyl (C=O) groups excluding carboxylic acids is 2. The zero-order chi connectivity index (χ0) is 44.9. The van der Waals surface area contributed by atoms with Crippen LogP contribution in [0.3, 0.4) is 0 Å². The largest absolute Gasteiger partial charge is 0.741 e. The quantitative estimate of drug-likeness (QED) is 0.0944. The summed E-state index contributed by atoms with van der Waals surface area (Å²) in [6, 6.07) is 0. The first-order chi connectivity index (χ1) is 25.0. The summed E-state index contributed by atoms with van der Waals surface area (Å²) in [7, 11) is -16.8. The monoisotopic (exact) mass is 950 g/mol. The van der Waals surface area contributed by atoms with Crippen LogP contribution in [-0.2, 0) is 72.6 Å². The smallest absolute Gasteiger partial charge is 0.485 e. The highest BCUT2D eigenvalue weighted by molar-refractivity contribution is 7.98. The van der Waals surface area contributed by atoms with Crippen LogP contribution in [0.1, 0.15) is 90.9 Å². The van der Waals surface area contributed by atoms with Crippen molar-refractivity contribution < 1.29 is 88.0 Å². The van der Waals surface area contributed by atoms with Crippen LogP contribution in [0.15, 0.2) is 12.2 Å². The summed E-state index contributed by atoms with van der Waals surface area (Å²) in [5, 5.41) is 1.33. The Balaban J connectivity index is -0.000000619. The van der Waals surface area contributed by atoms with Gasteiger partial charge in [-0.3, -0.25) is 9.59 Å². The molecule has 3 rings (SSSR count). The molecule has 3 aliphatic rings. The van der Waals surface area contributed by atoms with Gasteiger partial charge in [0.15, 0.2) is 52.9 Å². The van der Waals surface area contributed by atoms with E-state index in [9.17, 15) is 49.1 Å². The highest BCUT2D eigenvalue weighted by Crippen LogP contribution is 2.31. The average molecular weight is 951 g/mol. The maximum atomic E-state index is 11.9. The molecule has 56 heavy (non-hydrogen) atoms. The second-order valence-electron chi connectivity index (χ2n) is 12.6. The molecule has 0 aromatic carbocycles. The van der Waals surface area contributed by atoms with Gasteiger partial charge in [0, 0.05) is 19.3 Å². The van der Waals surface area contributed by atoms with Crippen LogP contribution in [0.4, 0.5) is 39.5 Å². The maximum absolute atomic E-state index is 11.9. The third-order valence-electron chi connectivity index (χ3n) is 7.29. The van der Waals surface area contributed by atoms with Crippen molar-refractivity contribution in [3.63, 3.8) is 0 Å². The molecule has 26 heteroatoms. The Hall–Kier alpha value is -0.770. The molecule has 1 aliphatic heterocycles. The van der Waals surface area contributed by atoms with Crippen LogP contribution in [0.25, 0.3) is 0 Å². The Morgan fingerprint density at radius 3 is 1.34 bits per heavy atom. The standard InChI is InChI=1S/C13H23OS.C8H15OS.C6H13S.3CHF3O3S/c1-15(11-7-3-2-4-8-11)13-10-6-5-9-12(13)14;1-2-8(9)7-10-5-3-4-6-10;1-6(2)5-7(3)4;3*2-1(3,4)8(5,6)7/h11,13H,2-10H2,1H3;2-7H2,1H3;1,5H2,2-4H3;3*(H,5,6,7)/q3*+1;;;/p-3. The predicted molar refractivity (Wildman–Crippen MR) is 200 cm³/mol. The molecule has 3 fully saturated rings. The van der Waals surface area contributed by atoms with Gasteiger partial charge >= 0.3 is 16.5 Å². The van der Waals surface area contributed by atoms with Gasteiger partial charge in [-0.25, -0.2) is 25.3 Å². The van der Waals surface area contributed by atoms with E-state index >= 15 is 0 Å². The second-order valence-corrected chi connectivity index (χ2v) is 23.8. The van der Waals surface area contributed by atoms with Gasteiger partial charge in [0.2, 0.25) is 0 Å². The van der Waals surface area contributed by atoms with E-state index in [2.05, 4.69) is 32.3 Å². The molecular formula is C30H51F9O11S6. The fourth-order valence-corrected chi connectivity index (χ4v) is 10.7. The molecule has 1 saturated heterocycles. The van der Waals surface area contributed by atoms with E-state index in [1.807, 2.05) is 6.92 Å². The van der Waals surface area contributed by atoms with E-state index < -0.39 is 46.9 Å². The van der Waals surface area contributed by atoms with Crippen LogP contribution < -0.4 is 0 Å². The Labute approximate surface area is 333 Å². The zero-order valence-corrected chi connectivity index (χ0v) is 36.4. The number of hydrogen-bond donors (Lipinski definition) is 0. The molecule has 1 heterocycles. The summed E-state index contributed by atoms with van der Waals surface area (Å²) in [5.74, 6) is 5.77. The number of Topliss-reactive ketones (excluding diaryl/α,β-unsaturated/α-hetero) is 2. The summed E-state index contributed by atoms with van der Waals surface area (Å²) in [6.07, 6.45) is 21.8. The molecule has 11 nitrogen and oxygen atoms in total. The highest BCUT2D eigenvalue weighted by Gasteiger charge is 2.41. The molecule has 0 N–H and O–H groups in total. The van der Waals surface area contributed by atoms with Gasteiger partial charge in [-0.05, 0) is 96.5 Å². The van der Waals surface area contributed by atoms with E-state index in [-0.39, 0.29) is 0 Å². The fourth-order valence-electron chi connectivity index (χ4n) is 4.69. The van der Waals surface area contributed by atoms with Gasteiger partial charge in [0.25, 0.3) is 0 Å². The van der Waals surface area contributed by atoms with Gasteiger partial charge in [-0.2, -0.15) is 39.5 Å². The molecule has 2 unspecified atom stereocenters. The first-order valence-electron chi connectivity index (χ1n) is 16.6. The topological polar surface area (TPSA) is 206 Å². The molecule has 0 bridgehead atoms. The van der Waals surface area contributed by atoms with Gasteiger partial charge in [-0.1, -0.05) is 19.9 Å². The summed E-state index contributed by atoms with van der Waals surface area (Å²) in [6.45, 7) is 7.84. The number of halogens is 9. The first kappa shape index (κ1) is 59.5. The van der Waals surface area contributed by atoms with Crippen LogP contribution in [0.5, 0.6) is 0 Å². The Morgan fingerprint density at radius 1 is 0.714 bits per heavy atom. The summed E-state index contributed by atoms with van der Waals surface area (Å²) < 4.78 is 177. The number of hydrogen-bond acceptors (Lipinski definition) is 11. The van der Waals surface area contributed by atoms with Crippen LogP contribution in [-0.4, -0.2) is 119 Å². The normalized spacial score (nSPS) is 19.2. The Morgan fingerprint density at radius 2 is 1.07 bits per heavy atom. The molecule has 2 atom stereocenters. The van der Waals surface area contributed by atoms with Crippen molar-refractivity contribution in [2.24, 2.45) is 0 Å². The van der Waals surface area contributed by atoms with Crippen molar-refractivity contribution in [2.45, 2.75) is 118 Å². The molecule has 336 valence electrons. The lowest BCUT2D eigenvalue weighted by Crippen LogP contribution is -2.39. The van der Waals surface area contributed by atoms with E-state index in [1.165, 1.54) is 80.6 Å². The van der Waals surface area contributed by atoms with Gasteiger partial charge in [-0.15, -0.1) is 0 Å². The lowest BCUT2D eigenvalue weighted by atomic mass is 9.99. The molecule has 0 amide bonds. The minimum atomic E-state index is -6.09. The average Bonchev–Trinajstić information content (AvgIpc) is 3.52. The number of ketones is 2. The van der Waals surface area contributed by atoms with Gasteiger partial charge in [0.05, 0.1) is 18.8 Å². The van der Waals surface area contributed by atoms with E-state index in [4.69, 9.17) is 38.9 Å². The maximum Gasteiger partial charge on any atom is 0.485 e. The third-order valence-corrected chi connectivity index (χ3v) is 15.4. The fraction of sp³-hybridized carbons (Fsp3) is 0.867. The number of rotatable bonds is 7. The number of carbonyl (C=O) groups is 2. The minimum Gasteiger partial charge on any atom is -0.741 e. The van der Waals surface area contributed by atoms with Crippen LogP contribution in [0.2, 0.25) is 0 Å². The Bertz CT molecular complexity index is 1390. The molecule has 2 aliphatic carbocycles. The van der Waals surface area contributed by atoms with Gasteiger partial charge < -0.3 is 13.7 Å². The van der Waals surface area contributed by atoms with Crippen LogP contribution in [0, 0.1) is 0 Å². The third kappa shape index (κ3) is 29.4. The van der Waals surface area contributed by atoms with Gasteiger partial charge in [0.1, 0.15) is 22.5 Å². The molecule has 2 saturated carbocycles. The summed E-state index contributed by atoms with van der Waals surface area (Å²) in [4.78, 5) is 22.9. The molecule has 0 aromatic rings. The van der Waals surface area contributed by atoms with E-state index in [0.29, 0.717) is 49.5 Å². The first-order valence-corrected chi connectivity index (χ1v) is 26.5. The van der Waals surface area contributed by atoms with E-state index in [1.54, 1.807) is 0 Å². The van der Waals surface area contributed by atoms with Crippen molar-refractivity contribution in [3.05, 3.63) is 12.2 Å². The van der Waals surface area contributed by atoms with Crippen molar-refractivity contribution in [3.8, 4) is 0 Å². The molecule has 0 aromatic heterocycles. The van der Waals surface area contributed by atoms with Crippen molar-refractivity contribution in [1.82, 2.24) is 0 Å². The van der Waals surface area contributed by atoms with E-state index in [0.717, 1.165) is 30.3 Å². The lowest BCUT2D eigenvalue weighted by molar-refractivity contribution is -0.119. The molecular weight excluding hydrogens is 900 g/mol. The minimum absolute atomic E-state index is 0.377. The molecule has 0 spiro atoms. The van der Waals surface area contributed by atoms with Crippen molar-refractivity contribution in [2.75, 3.05) is 41.8 Å². The zero-order valence-electron chi connectivity index (χ0n) is 31.5.